The van der Waals surface area contributed by atoms with Crippen molar-refractivity contribution < 1.29 is 8.42 Å². The normalized spacial score (nSPS) is 17.7. The lowest BCUT2D eigenvalue weighted by molar-refractivity contribution is 0.357. The molecule has 1 aliphatic carbocycles. The van der Waals surface area contributed by atoms with Gasteiger partial charge >= 0.3 is 0 Å². The zero-order valence-electron chi connectivity index (χ0n) is 10.9. The highest BCUT2D eigenvalue weighted by atomic mass is 35.5. The second kappa shape index (κ2) is 4.92. The van der Waals surface area contributed by atoms with E-state index < -0.39 is 15.6 Å². The van der Waals surface area contributed by atoms with Crippen LogP contribution in [-0.2, 0) is 10.0 Å². The lowest BCUT2D eigenvalue weighted by atomic mass is 9.93. The van der Waals surface area contributed by atoms with Gasteiger partial charge < -0.3 is 4.98 Å². The van der Waals surface area contributed by atoms with Gasteiger partial charge in [-0.2, -0.15) is 0 Å². The van der Waals surface area contributed by atoms with Crippen LogP contribution in [0, 0.1) is 11.3 Å². The molecule has 0 atom stereocenters. The van der Waals surface area contributed by atoms with Gasteiger partial charge in [0.15, 0.2) is 0 Å². The molecule has 0 saturated heterocycles. The molecule has 2 rings (SSSR count). The fourth-order valence-electron chi connectivity index (χ4n) is 2.03. The molecule has 1 heterocycles. The Labute approximate surface area is 117 Å². The van der Waals surface area contributed by atoms with Crippen LogP contribution in [-0.4, -0.2) is 19.9 Å². The zero-order chi connectivity index (χ0) is 14.3. The maximum absolute atomic E-state index is 12.1. The molecular weight excluding hydrogens is 288 g/mol. The highest BCUT2D eigenvalue weighted by molar-refractivity contribution is 7.89. The number of halogens is 1. The maximum Gasteiger partial charge on any atom is 0.266 e. The molecule has 19 heavy (non-hydrogen) atoms. The van der Waals surface area contributed by atoms with Crippen LogP contribution in [0.25, 0.3) is 0 Å². The van der Waals surface area contributed by atoms with Gasteiger partial charge in [-0.25, -0.2) is 13.1 Å². The van der Waals surface area contributed by atoms with Crippen LogP contribution in [0.4, 0.5) is 0 Å². The van der Waals surface area contributed by atoms with Crippen LogP contribution < -0.4 is 10.3 Å². The van der Waals surface area contributed by atoms with E-state index >= 15 is 0 Å². The number of pyridine rings is 1. The van der Waals surface area contributed by atoms with Crippen molar-refractivity contribution in [3.05, 3.63) is 27.6 Å². The van der Waals surface area contributed by atoms with Crippen molar-refractivity contribution in [2.75, 3.05) is 6.54 Å². The Morgan fingerprint density at radius 2 is 2.11 bits per heavy atom. The molecule has 0 unspecified atom stereocenters. The van der Waals surface area contributed by atoms with Gasteiger partial charge in [-0.3, -0.25) is 4.79 Å². The predicted octanol–water partition coefficient (Wildman–Crippen LogP) is 1.74. The summed E-state index contributed by atoms with van der Waals surface area (Å²) in [6.07, 6.45) is 3.24. The standard InChI is InChI=1S/C12H17ClN2O3S/c1-8(2)12(3-4-12)7-15-19(17,18)9-5-10(13)11(16)14-6-9/h5-6,8,15H,3-4,7H2,1-2H3,(H,14,16). The first-order valence-electron chi connectivity index (χ1n) is 6.15. The van der Waals surface area contributed by atoms with Crippen LogP contribution in [0.15, 0.2) is 22.0 Å². The van der Waals surface area contributed by atoms with E-state index in [0.29, 0.717) is 12.5 Å². The van der Waals surface area contributed by atoms with Gasteiger partial charge in [0.1, 0.15) is 5.02 Å². The molecule has 1 aromatic heterocycles. The minimum Gasteiger partial charge on any atom is -0.326 e. The van der Waals surface area contributed by atoms with Crippen molar-refractivity contribution in [1.82, 2.24) is 9.71 Å². The zero-order valence-corrected chi connectivity index (χ0v) is 12.4. The van der Waals surface area contributed by atoms with Crippen molar-refractivity contribution in [2.45, 2.75) is 31.6 Å². The molecule has 0 bridgehead atoms. The summed E-state index contributed by atoms with van der Waals surface area (Å²) in [6.45, 7) is 4.61. The Balaban J connectivity index is 2.15. The third-order valence-corrected chi connectivity index (χ3v) is 5.53. The van der Waals surface area contributed by atoms with Crippen molar-refractivity contribution in [2.24, 2.45) is 11.3 Å². The Morgan fingerprint density at radius 3 is 2.58 bits per heavy atom. The van der Waals surface area contributed by atoms with Gasteiger partial charge in [-0.05, 0) is 30.2 Å². The second-order valence-corrected chi connectivity index (χ2v) is 7.53. The monoisotopic (exact) mass is 304 g/mol. The molecule has 2 N–H and O–H groups in total. The molecular formula is C12H17ClN2O3S. The summed E-state index contributed by atoms with van der Waals surface area (Å²) in [5.41, 5.74) is -0.416. The molecule has 1 saturated carbocycles. The fourth-order valence-corrected chi connectivity index (χ4v) is 3.40. The average Bonchev–Trinajstić information content (AvgIpc) is 3.11. The third kappa shape index (κ3) is 3.01. The Hall–Kier alpha value is -0.850. The minimum absolute atomic E-state index is 0.0170. The van der Waals surface area contributed by atoms with E-state index in [1.165, 1.54) is 0 Å². The van der Waals surface area contributed by atoms with Crippen LogP contribution in [0.5, 0.6) is 0 Å². The molecule has 0 aromatic carbocycles. The van der Waals surface area contributed by atoms with Crippen LogP contribution >= 0.6 is 11.6 Å². The predicted molar refractivity (Wildman–Crippen MR) is 73.8 cm³/mol. The summed E-state index contributed by atoms with van der Waals surface area (Å²) in [6, 6.07) is 1.16. The molecule has 5 nitrogen and oxygen atoms in total. The number of aromatic amines is 1. The van der Waals surface area contributed by atoms with Gasteiger partial charge in [-0.15, -0.1) is 0 Å². The largest absolute Gasteiger partial charge is 0.326 e. The summed E-state index contributed by atoms with van der Waals surface area (Å²) in [7, 11) is -3.63. The Kier molecular flexibility index (Phi) is 3.77. The summed E-state index contributed by atoms with van der Waals surface area (Å²) in [5, 5.41) is -0.132. The van der Waals surface area contributed by atoms with Gasteiger partial charge in [0.25, 0.3) is 5.56 Å². The molecule has 0 amide bonds. The summed E-state index contributed by atoms with van der Waals surface area (Å²) < 4.78 is 26.8. The molecule has 1 aromatic rings. The highest BCUT2D eigenvalue weighted by Gasteiger charge is 2.45. The number of nitrogens with one attached hydrogen (secondary N) is 2. The van der Waals surface area contributed by atoms with Crippen molar-refractivity contribution in [1.29, 1.82) is 0 Å². The van der Waals surface area contributed by atoms with Gasteiger partial charge in [0.05, 0.1) is 4.90 Å². The van der Waals surface area contributed by atoms with Gasteiger partial charge in [0.2, 0.25) is 10.0 Å². The number of rotatable bonds is 5. The molecule has 1 fully saturated rings. The van der Waals surface area contributed by atoms with Gasteiger partial charge in [-0.1, -0.05) is 25.4 Å². The number of H-pyrrole nitrogens is 1. The highest BCUT2D eigenvalue weighted by Crippen LogP contribution is 2.51. The topological polar surface area (TPSA) is 79.0 Å². The Morgan fingerprint density at radius 1 is 1.47 bits per heavy atom. The number of sulfonamides is 1. The first-order valence-corrected chi connectivity index (χ1v) is 8.01. The molecule has 0 aliphatic heterocycles. The lowest BCUT2D eigenvalue weighted by Gasteiger charge is -2.19. The van der Waals surface area contributed by atoms with Crippen LogP contribution in [0.2, 0.25) is 5.02 Å². The molecule has 7 heteroatoms. The summed E-state index contributed by atoms with van der Waals surface area (Å²) >= 11 is 5.64. The Bertz CT molecular complexity index is 633. The van der Waals surface area contributed by atoms with Crippen molar-refractivity contribution >= 4 is 21.6 Å². The second-order valence-electron chi connectivity index (χ2n) is 5.35. The third-order valence-electron chi connectivity index (χ3n) is 3.87. The fraction of sp³-hybridized carbons (Fsp3) is 0.583. The SMILES string of the molecule is CC(C)C1(CNS(=O)(=O)c2c[nH]c(=O)c(Cl)c2)CC1. The van der Waals surface area contributed by atoms with Gasteiger partial charge in [0, 0.05) is 12.7 Å². The van der Waals surface area contributed by atoms with E-state index in [1.807, 2.05) is 0 Å². The smallest absolute Gasteiger partial charge is 0.266 e. The first kappa shape index (κ1) is 14.6. The summed E-state index contributed by atoms with van der Waals surface area (Å²) in [5.74, 6) is 0.439. The molecule has 1 aliphatic rings. The quantitative estimate of drug-likeness (QED) is 0.869. The van der Waals surface area contributed by atoms with Crippen molar-refractivity contribution in [3.63, 3.8) is 0 Å². The summed E-state index contributed by atoms with van der Waals surface area (Å²) in [4.78, 5) is 13.4. The number of hydrogen-bond donors (Lipinski definition) is 2. The molecule has 106 valence electrons. The lowest BCUT2D eigenvalue weighted by Crippen LogP contribution is -2.33. The van der Waals surface area contributed by atoms with E-state index in [-0.39, 0.29) is 15.3 Å². The van der Waals surface area contributed by atoms with E-state index in [4.69, 9.17) is 11.6 Å². The average molecular weight is 305 g/mol. The van der Waals surface area contributed by atoms with E-state index in [9.17, 15) is 13.2 Å². The maximum atomic E-state index is 12.1. The number of aromatic nitrogens is 1. The van der Waals surface area contributed by atoms with Crippen molar-refractivity contribution in [3.8, 4) is 0 Å². The first-order chi connectivity index (χ1) is 8.77. The minimum atomic E-state index is -3.63. The number of hydrogen-bond acceptors (Lipinski definition) is 3. The van der Waals surface area contributed by atoms with Crippen LogP contribution in [0.1, 0.15) is 26.7 Å². The van der Waals surface area contributed by atoms with Crippen LogP contribution in [0.3, 0.4) is 0 Å². The molecule has 0 spiro atoms. The van der Waals surface area contributed by atoms with E-state index in [2.05, 4.69) is 23.6 Å². The van der Waals surface area contributed by atoms with E-state index in [0.717, 1.165) is 25.1 Å². The molecule has 0 radical (unpaired) electrons. The van der Waals surface area contributed by atoms with E-state index in [1.54, 1.807) is 0 Å².